The van der Waals surface area contributed by atoms with Gasteiger partial charge in [0.2, 0.25) is 0 Å². The molecule has 4 nitrogen and oxygen atoms in total. The van der Waals surface area contributed by atoms with Gasteiger partial charge >= 0.3 is 5.97 Å². The fourth-order valence-electron chi connectivity index (χ4n) is 2.28. The van der Waals surface area contributed by atoms with E-state index in [4.69, 9.17) is 5.11 Å². The van der Waals surface area contributed by atoms with Crippen molar-refractivity contribution in [1.29, 1.82) is 5.26 Å². The van der Waals surface area contributed by atoms with Crippen LogP contribution in [0.5, 0.6) is 0 Å². The second kappa shape index (κ2) is 5.40. The summed E-state index contributed by atoms with van der Waals surface area (Å²) in [6.45, 7) is 1.27. The molecule has 1 N–H and O–H groups in total. The molecule has 0 unspecified atom stereocenters. The average Bonchev–Trinajstić information content (AvgIpc) is 2.38. The number of halogens is 1. The third-order valence-corrected chi connectivity index (χ3v) is 3.88. The van der Waals surface area contributed by atoms with Crippen LogP contribution in [0, 0.1) is 17.2 Å². The molecule has 0 amide bonds. The maximum absolute atomic E-state index is 11.1. The van der Waals surface area contributed by atoms with Crippen molar-refractivity contribution >= 4 is 27.6 Å². The van der Waals surface area contributed by atoms with Gasteiger partial charge in [-0.05, 0) is 40.9 Å². The first-order valence-corrected chi connectivity index (χ1v) is 6.59. The highest BCUT2D eigenvalue weighted by atomic mass is 79.9. The molecule has 0 bridgehead atoms. The number of carboxylic acid groups (broad SMARTS) is 1. The number of nitriles is 1. The number of hydrogen-bond donors (Lipinski definition) is 1. The molecule has 1 atom stereocenters. The van der Waals surface area contributed by atoms with Crippen LogP contribution >= 0.6 is 15.9 Å². The first-order valence-electron chi connectivity index (χ1n) is 5.80. The fraction of sp³-hybridized carbons (Fsp3) is 0.385. The van der Waals surface area contributed by atoms with Gasteiger partial charge in [-0.15, -0.1) is 0 Å². The second-order valence-corrected chi connectivity index (χ2v) is 5.22. The molecule has 0 spiro atoms. The number of nitrogens with zero attached hydrogens (tertiary/aromatic N) is 2. The quantitative estimate of drug-likeness (QED) is 0.912. The second-order valence-electron chi connectivity index (χ2n) is 4.37. The molecule has 94 valence electrons. The Morgan fingerprint density at radius 3 is 3.00 bits per heavy atom. The molecule has 1 saturated heterocycles. The zero-order valence-electron chi connectivity index (χ0n) is 9.77. The zero-order valence-corrected chi connectivity index (χ0v) is 11.4. The summed E-state index contributed by atoms with van der Waals surface area (Å²) in [6, 6.07) is 7.72. The minimum atomic E-state index is -0.756. The molecule has 2 rings (SSSR count). The number of rotatable bonds is 2. The van der Waals surface area contributed by atoms with Crippen molar-refractivity contribution in [3.8, 4) is 6.07 Å². The molecule has 0 aromatic heterocycles. The summed E-state index contributed by atoms with van der Waals surface area (Å²) in [5.74, 6) is -1.10. The van der Waals surface area contributed by atoms with Crippen molar-refractivity contribution in [2.24, 2.45) is 5.92 Å². The SMILES string of the molecule is N#Cc1c(Br)cccc1N1CCC[C@@H](C(=O)O)C1. The number of carbonyl (C=O) groups is 1. The summed E-state index contributed by atoms with van der Waals surface area (Å²) in [7, 11) is 0. The van der Waals surface area contributed by atoms with Gasteiger partial charge in [-0.1, -0.05) is 6.07 Å². The average molecular weight is 309 g/mol. The Hall–Kier alpha value is -1.54. The molecule has 1 aromatic rings. The van der Waals surface area contributed by atoms with Crippen molar-refractivity contribution in [1.82, 2.24) is 0 Å². The smallest absolute Gasteiger partial charge is 0.308 e. The molecule has 1 fully saturated rings. The largest absolute Gasteiger partial charge is 0.481 e. The highest BCUT2D eigenvalue weighted by Crippen LogP contribution is 2.30. The molecule has 1 heterocycles. The van der Waals surface area contributed by atoms with Gasteiger partial charge in [-0.2, -0.15) is 5.26 Å². The van der Waals surface area contributed by atoms with E-state index in [0.717, 1.165) is 23.1 Å². The first-order chi connectivity index (χ1) is 8.63. The van der Waals surface area contributed by atoms with E-state index in [1.54, 1.807) is 0 Å². The normalized spacial score (nSPS) is 19.3. The molecule has 1 aliphatic heterocycles. The van der Waals surface area contributed by atoms with Crippen molar-refractivity contribution in [2.75, 3.05) is 18.0 Å². The van der Waals surface area contributed by atoms with E-state index in [1.165, 1.54) is 0 Å². The lowest BCUT2D eigenvalue weighted by molar-refractivity contribution is -0.141. The lowest BCUT2D eigenvalue weighted by atomic mass is 9.97. The lowest BCUT2D eigenvalue weighted by Gasteiger charge is -2.33. The van der Waals surface area contributed by atoms with E-state index >= 15 is 0 Å². The Morgan fingerprint density at radius 2 is 2.33 bits per heavy atom. The number of anilines is 1. The van der Waals surface area contributed by atoms with Crippen LogP contribution < -0.4 is 4.90 Å². The topological polar surface area (TPSA) is 64.3 Å². The lowest BCUT2D eigenvalue weighted by Crippen LogP contribution is -2.39. The van der Waals surface area contributed by atoms with Gasteiger partial charge in [0.15, 0.2) is 0 Å². The van der Waals surface area contributed by atoms with Crippen LogP contribution in [0.2, 0.25) is 0 Å². The standard InChI is InChI=1S/C13H13BrN2O2/c14-11-4-1-5-12(10(11)7-15)16-6-2-3-9(8-16)13(17)18/h1,4-5,9H,2-3,6,8H2,(H,17,18)/t9-/m1/s1. The van der Waals surface area contributed by atoms with E-state index < -0.39 is 5.97 Å². The minimum Gasteiger partial charge on any atom is -0.481 e. The highest BCUT2D eigenvalue weighted by molar-refractivity contribution is 9.10. The number of aliphatic carboxylic acids is 1. The maximum Gasteiger partial charge on any atom is 0.308 e. The van der Waals surface area contributed by atoms with Gasteiger partial charge in [-0.3, -0.25) is 4.79 Å². The molecule has 1 aromatic carbocycles. The Labute approximate surface area is 114 Å². The number of hydrogen-bond acceptors (Lipinski definition) is 3. The molecule has 0 saturated carbocycles. The van der Waals surface area contributed by atoms with E-state index in [9.17, 15) is 10.1 Å². The number of benzene rings is 1. The van der Waals surface area contributed by atoms with Gasteiger partial charge in [0, 0.05) is 17.6 Å². The monoisotopic (exact) mass is 308 g/mol. The summed E-state index contributed by atoms with van der Waals surface area (Å²) >= 11 is 3.35. The summed E-state index contributed by atoms with van der Waals surface area (Å²) in [5.41, 5.74) is 1.39. The third kappa shape index (κ3) is 2.49. The third-order valence-electron chi connectivity index (χ3n) is 3.21. The highest BCUT2D eigenvalue weighted by Gasteiger charge is 2.26. The van der Waals surface area contributed by atoms with E-state index in [-0.39, 0.29) is 5.92 Å². The molecule has 1 aliphatic rings. The van der Waals surface area contributed by atoms with Crippen LogP contribution in [-0.4, -0.2) is 24.2 Å². The van der Waals surface area contributed by atoms with Crippen LogP contribution in [-0.2, 0) is 4.79 Å². The molecular formula is C13H13BrN2O2. The van der Waals surface area contributed by atoms with Crippen LogP contribution in [0.15, 0.2) is 22.7 Å². The molecule has 0 aliphatic carbocycles. The molecule has 0 radical (unpaired) electrons. The van der Waals surface area contributed by atoms with Gasteiger partial charge in [0.05, 0.1) is 17.2 Å². The maximum atomic E-state index is 11.1. The van der Waals surface area contributed by atoms with Crippen LogP contribution in [0.3, 0.4) is 0 Å². The summed E-state index contributed by atoms with van der Waals surface area (Å²) in [4.78, 5) is 13.0. The van der Waals surface area contributed by atoms with Crippen molar-refractivity contribution in [3.05, 3.63) is 28.2 Å². The summed E-state index contributed by atoms with van der Waals surface area (Å²) in [6.07, 6.45) is 1.55. The molecule has 5 heteroatoms. The van der Waals surface area contributed by atoms with Crippen LogP contribution in [0.1, 0.15) is 18.4 Å². The van der Waals surface area contributed by atoms with E-state index in [2.05, 4.69) is 22.0 Å². The minimum absolute atomic E-state index is 0.343. The Morgan fingerprint density at radius 1 is 1.56 bits per heavy atom. The molecular weight excluding hydrogens is 296 g/mol. The van der Waals surface area contributed by atoms with Gasteiger partial charge in [0.1, 0.15) is 6.07 Å². The van der Waals surface area contributed by atoms with Gasteiger partial charge < -0.3 is 10.0 Å². The Kier molecular flexibility index (Phi) is 3.87. The van der Waals surface area contributed by atoms with Gasteiger partial charge in [0.25, 0.3) is 0 Å². The fourth-order valence-corrected chi connectivity index (χ4v) is 2.73. The number of piperidine rings is 1. The summed E-state index contributed by atoms with van der Waals surface area (Å²) < 4.78 is 0.750. The van der Waals surface area contributed by atoms with Crippen molar-refractivity contribution in [3.63, 3.8) is 0 Å². The Bertz CT molecular complexity index is 510. The van der Waals surface area contributed by atoms with E-state index in [0.29, 0.717) is 18.5 Å². The Balaban J connectivity index is 2.29. The summed E-state index contributed by atoms with van der Waals surface area (Å²) in [5, 5.41) is 18.3. The van der Waals surface area contributed by atoms with Gasteiger partial charge in [-0.25, -0.2) is 0 Å². The van der Waals surface area contributed by atoms with Crippen molar-refractivity contribution in [2.45, 2.75) is 12.8 Å². The first kappa shape index (κ1) is 12.9. The van der Waals surface area contributed by atoms with E-state index in [1.807, 2.05) is 23.1 Å². The number of carboxylic acids is 1. The zero-order chi connectivity index (χ0) is 13.1. The van der Waals surface area contributed by atoms with Crippen LogP contribution in [0.25, 0.3) is 0 Å². The predicted octanol–water partition coefficient (Wildman–Crippen LogP) is 2.62. The predicted molar refractivity (Wildman–Crippen MR) is 71.4 cm³/mol. The van der Waals surface area contributed by atoms with Crippen molar-refractivity contribution < 1.29 is 9.90 Å². The molecule has 18 heavy (non-hydrogen) atoms. The van der Waals surface area contributed by atoms with Crippen LogP contribution in [0.4, 0.5) is 5.69 Å².